The molecule has 3 nitrogen and oxygen atoms in total. The molecule has 4 heteroatoms. The molecular formula is C12H14FNO2. The van der Waals surface area contributed by atoms with Gasteiger partial charge in [-0.15, -0.1) is 0 Å². The van der Waals surface area contributed by atoms with Gasteiger partial charge in [0.25, 0.3) is 0 Å². The Hall–Kier alpha value is -1.29. The van der Waals surface area contributed by atoms with Crippen LogP contribution < -0.4 is 14.8 Å². The third-order valence-electron chi connectivity index (χ3n) is 3.16. The molecule has 3 rings (SSSR count). The predicted molar refractivity (Wildman–Crippen MR) is 57.6 cm³/mol. The van der Waals surface area contributed by atoms with Crippen LogP contribution in [0.25, 0.3) is 0 Å². The molecule has 1 aromatic carbocycles. The summed E-state index contributed by atoms with van der Waals surface area (Å²) in [5.41, 5.74) is 0.683. The first kappa shape index (κ1) is 9.90. The highest BCUT2D eigenvalue weighted by molar-refractivity contribution is 5.50. The van der Waals surface area contributed by atoms with E-state index in [9.17, 15) is 4.39 Å². The second-order valence-corrected chi connectivity index (χ2v) is 4.17. The Morgan fingerprint density at radius 1 is 1.25 bits per heavy atom. The SMILES string of the molecule is Fc1ccc2c(c1C1CCNC1)OCCO2. The molecule has 1 unspecified atom stereocenters. The fraction of sp³-hybridized carbons (Fsp3) is 0.500. The van der Waals surface area contributed by atoms with E-state index in [1.165, 1.54) is 6.07 Å². The normalized spacial score (nSPS) is 23.4. The first-order valence-electron chi connectivity index (χ1n) is 5.65. The van der Waals surface area contributed by atoms with Crippen molar-refractivity contribution < 1.29 is 13.9 Å². The maximum absolute atomic E-state index is 13.9. The highest BCUT2D eigenvalue weighted by Gasteiger charge is 2.27. The molecule has 1 atom stereocenters. The molecule has 1 aromatic rings. The van der Waals surface area contributed by atoms with Gasteiger partial charge in [0.1, 0.15) is 19.0 Å². The molecule has 1 saturated heterocycles. The van der Waals surface area contributed by atoms with E-state index in [2.05, 4.69) is 5.32 Å². The second kappa shape index (κ2) is 3.94. The van der Waals surface area contributed by atoms with E-state index >= 15 is 0 Å². The van der Waals surface area contributed by atoms with Gasteiger partial charge in [0.15, 0.2) is 11.5 Å². The van der Waals surface area contributed by atoms with E-state index in [0.29, 0.717) is 30.3 Å². The quantitative estimate of drug-likeness (QED) is 0.785. The van der Waals surface area contributed by atoms with Crippen LogP contribution in [0.1, 0.15) is 17.9 Å². The number of ether oxygens (including phenoxy) is 2. The van der Waals surface area contributed by atoms with E-state index < -0.39 is 0 Å². The Bertz CT molecular complexity index is 402. The summed E-state index contributed by atoms with van der Waals surface area (Å²) in [7, 11) is 0. The van der Waals surface area contributed by atoms with Crippen LogP contribution in [0, 0.1) is 5.82 Å². The maximum atomic E-state index is 13.9. The predicted octanol–water partition coefficient (Wildman–Crippen LogP) is 1.67. The lowest BCUT2D eigenvalue weighted by molar-refractivity contribution is 0.168. The summed E-state index contributed by atoms with van der Waals surface area (Å²) in [5.74, 6) is 1.31. The summed E-state index contributed by atoms with van der Waals surface area (Å²) in [6.45, 7) is 2.80. The Kier molecular flexibility index (Phi) is 2.44. The summed E-state index contributed by atoms with van der Waals surface area (Å²) in [6.07, 6.45) is 0.955. The molecule has 16 heavy (non-hydrogen) atoms. The lowest BCUT2D eigenvalue weighted by Gasteiger charge is -2.23. The van der Waals surface area contributed by atoms with Gasteiger partial charge < -0.3 is 14.8 Å². The van der Waals surface area contributed by atoms with Crippen molar-refractivity contribution in [1.82, 2.24) is 5.32 Å². The van der Waals surface area contributed by atoms with E-state index in [-0.39, 0.29) is 11.7 Å². The highest BCUT2D eigenvalue weighted by Crippen LogP contribution is 2.41. The van der Waals surface area contributed by atoms with Crippen molar-refractivity contribution in [3.8, 4) is 11.5 Å². The van der Waals surface area contributed by atoms with Crippen molar-refractivity contribution in [3.63, 3.8) is 0 Å². The van der Waals surface area contributed by atoms with Crippen molar-refractivity contribution in [2.75, 3.05) is 26.3 Å². The van der Waals surface area contributed by atoms with Crippen molar-refractivity contribution in [2.45, 2.75) is 12.3 Å². The summed E-state index contributed by atoms with van der Waals surface area (Å²) < 4.78 is 24.9. The van der Waals surface area contributed by atoms with Crippen molar-refractivity contribution >= 4 is 0 Å². The van der Waals surface area contributed by atoms with Crippen LogP contribution in [-0.2, 0) is 0 Å². The molecule has 0 saturated carbocycles. The number of hydrogen-bond acceptors (Lipinski definition) is 3. The standard InChI is InChI=1S/C12H14FNO2/c13-9-1-2-10-12(16-6-5-15-10)11(9)8-3-4-14-7-8/h1-2,8,14H,3-7H2. The molecule has 0 radical (unpaired) electrons. The molecule has 0 bridgehead atoms. The number of hydrogen-bond donors (Lipinski definition) is 1. The molecular weight excluding hydrogens is 209 g/mol. The van der Waals surface area contributed by atoms with Gasteiger partial charge >= 0.3 is 0 Å². The Labute approximate surface area is 93.6 Å². The maximum Gasteiger partial charge on any atom is 0.167 e. The molecule has 0 spiro atoms. The van der Waals surface area contributed by atoms with Gasteiger partial charge in [-0.3, -0.25) is 0 Å². The number of fused-ring (bicyclic) bond motifs is 1. The van der Waals surface area contributed by atoms with Gasteiger partial charge in [0.05, 0.1) is 0 Å². The lowest BCUT2D eigenvalue weighted by Crippen LogP contribution is -2.19. The lowest BCUT2D eigenvalue weighted by atomic mass is 9.96. The largest absolute Gasteiger partial charge is 0.486 e. The number of benzene rings is 1. The fourth-order valence-electron chi connectivity index (χ4n) is 2.39. The van der Waals surface area contributed by atoms with Gasteiger partial charge in [-0.05, 0) is 25.1 Å². The van der Waals surface area contributed by atoms with Crippen LogP contribution >= 0.6 is 0 Å². The molecule has 0 aliphatic carbocycles. The van der Waals surface area contributed by atoms with Gasteiger partial charge in [-0.1, -0.05) is 0 Å². The first-order chi connectivity index (χ1) is 7.86. The minimum atomic E-state index is -0.182. The average Bonchev–Trinajstić information content (AvgIpc) is 2.82. The van der Waals surface area contributed by atoms with Gasteiger partial charge in [-0.2, -0.15) is 0 Å². The number of halogens is 1. The smallest absolute Gasteiger partial charge is 0.167 e. The van der Waals surface area contributed by atoms with E-state index in [0.717, 1.165) is 19.5 Å². The third-order valence-corrected chi connectivity index (χ3v) is 3.16. The monoisotopic (exact) mass is 223 g/mol. The van der Waals surface area contributed by atoms with Gasteiger partial charge in [0, 0.05) is 18.0 Å². The zero-order chi connectivity index (χ0) is 11.0. The van der Waals surface area contributed by atoms with E-state index in [1.807, 2.05) is 0 Å². The van der Waals surface area contributed by atoms with Gasteiger partial charge in [-0.25, -0.2) is 4.39 Å². The minimum absolute atomic E-state index is 0.182. The van der Waals surface area contributed by atoms with E-state index in [1.54, 1.807) is 6.07 Å². The molecule has 1 N–H and O–H groups in total. The van der Waals surface area contributed by atoms with Crippen LogP contribution in [0.4, 0.5) is 4.39 Å². The molecule has 86 valence electrons. The third kappa shape index (κ3) is 1.53. The fourth-order valence-corrected chi connectivity index (χ4v) is 2.39. The molecule has 1 fully saturated rings. The Morgan fingerprint density at radius 3 is 2.94 bits per heavy atom. The van der Waals surface area contributed by atoms with Crippen LogP contribution in [0.3, 0.4) is 0 Å². The summed E-state index contributed by atoms with van der Waals surface area (Å²) >= 11 is 0. The molecule has 0 aromatic heterocycles. The molecule has 2 aliphatic heterocycles. The van der Waals surface area contributed by atoms with Crippen LogP contribution in [-0.4, -0.2) is 26.3 Å². The molecule has 0 amide bonds. The average molecular weight is 223 g/mol. The minimum Gasteiger partial charge on any atom is -0.486 e. The highest BCUT2D eigenvalue weighted by atomic mass is 19.1. The Balaban J connectivity index is 2.06. The van der Waals surface area contributed by atoms with E-state index in [4.69, 9.17) is 9.47 Å². The summed E-state index contributed by atoms with van der Waals surface area (Å²) in [6, 6.07) is 3.12. The van der Waals surface area contributed by atoms with Crippen molar-refractivity contribution in [3.05, 3.63) is 23.5 Å². The van der Waals surface area contributed by atoms with Crippen LogP contribution in [0.5, 0.6) is 11.5 Å². The Morgan fingerprint density at radius 2 is 2.12 bits per heavy atom. The molecule has 2 aliphatic rings. The molecule has 2 heterocycles. The van der Waals surface area contributed by atoms with Crippen molar-refractivity contribution in [1.29, 1.82) is 0 Å². The second-order valence-electron chi connectivity index (χ2n) is 4.17. The number of nitrogens with one attached hydrogen (secondary N) is 1. The van der Waals surface area contributed by atoms with Crippen LogP contribution in [0.2, 0.25) is 0 Å². The topological polar surface area (TPSA) is 30.5 Å². The first-order valence-corrected chi connectivity index (χ1v) is 5.65. The van der Waals surface area contributed by atoms with Gasteiger partial charge in [0.2, 0.25) is 0 Å². The van der Waals surface area contributed by atoms with Crippen LogP contribution in [0.15, 0.2) is 12.1 Å². The zero-order valence-corrected chi connectivity index (χ0v) is 8.96. The van der Waals surface area contributed by atoms with Crippen molar-refractivity contribution in [2.24, 2.45) is 0 Å². The summed E-state index contributed by atoms with van der Waals surface area (Å²) in [5, 5.41) is 3.24. The number of rotatable bonds is 1. The summed E-state index contributed by atoms with van der Waals surface area (Å²) in [4.78, 5) is 0. The zero-order valence-electron chi connectivity index (χ0n) is 8.96.